The molecule has 0 aromatic heterocycles. The van der Waals surface area contributed by atoms with E-state index < -0.39 is 0 Å². The third kappa shape index (κ3) is 78.0. The van der Waals surface area contributed by atoms with E-state index in [0.717, 1.165) is 83.4 Å². The molecule has 0 aliphatic carbocycles. The van der Waals surface area contributed by atoms with Gasteiger partial charge in [0.2, 0.25) is 0 Å². The van der Waals surface area contributed by atoms with Gasteiger partial charge in [-0.1, -0.05) is 69.2 Å². The minimum Gasteiger partial charge on any atom is -0.380 e. The second-order valence-corrected chi connectivity index (χ2v) is 19.0. The molecule has 0 rings (SSSR count). The van der Waals surface area contributed by atoms with E-state index in [1.165, 1.54) is 32.7 Å². The monoisotopic (exact) mass is 809 g/mol. The maximum Gasteiger partial charge on any atom is 0.0701 e. The third-order valence-corrected chi connectivity index (χ3v) is 7.45. The molecule has 0 bridgehead atoms. The Kier molecular flexibility index (Phi) is 52.7. The molecule has 346 valence electrons. The molecular weight excluding hydrogens is 701 g/mol. The van der Waals surface area contributed by atoms with Gasteiger partial charge in [0, 0.05) is 78.7 Å². The first-order valence-corrected chi connectivity index (χ1v) is 21.8. The van der Waals surface area contributed by atoms with Crippen molar-refractivity contribution in [3.63, 3.8) is 0 Å². The summed E-state index contributed by atoms with van der Waals surface area (Å²) in [6, 6.07) is 0. The zero-order valence-corrected chi connectivity index (χ0v) is 42.7. The summed E-state index contributed by atoms with van der Waals surface area (Å²) in [6.45, 7) is 39.4. The minimum absolute atomic E-state index is 0.613. The molecule has 0 radical (unpaired) electrons. The van der Waals surface area contributed by atoms with E-state index in [0.29, 0.717) is 25.0 Å². The van der Waals surface area contributed by atoms with Crippen LogP contribution in [0.25, 0.3) is 0 Å². The Hall–Kier alpha value is -0.440. The van der Waals surface area contributed by atoms with Crippen molar-refractivity contribution in [3.8, 4) is 0 Å². The van der Waals surface area contributed by atoms with Crippen molar-refractivity contribution in [1.29, 1.82) is 0 Å². The molecule has 0 aromatic carbocycles. The maximum absolute atomic E-state index is 5.36. The highest BCUT2D eigenvalue weighted by Crippen LogP contribution is 1.97. The van der Waals surface area contributed by atoms with Gasteiger partial charge in [0.1, 0.15) is 0 Å². The van der Waals surface area contributed by atoms with Gasteiger partial charge in [-0.05, 0) is 128 Å². The Morgan fingerprint density at radius 1 is 0.268 bits per heavy atom. The molecule has 11 heteroatoms. The summed E-state index contributed by atoms with van der Waals surface area (Å²) in [4.78, 5) is 18.1. The Morgan fingerprint density at radius 3 is 0.857 bits per heavy atom. The third-order valence-electron chi connectivity index (χ3n) is 7.45. The molecule has 0 amide bonds. The standard InChI is InChI=1S/C12H29N3.C10H23NO2.C9H22N2.C8H19NO.C6H15N/c1-12(2)11-15(6)10-9-14(5)8-7-13(3)4;1-10(2)9-13-8-7-12-6-5-11(3)4;1-9(2)8-11(5)7-6-10(3)4;1-8(2)7-10-6-5-9(3)4;1-6(2)5-7(3)4/h12H,7-11H2,1-6H3;10H,5-9H2,1-4H3;9H,6-8H2,1-5H3;8H,5-7H2,1-4H3;6H,5H2,1-4H3. The van der Waals surface area contributed by atoms with Crippen LogP contribution >= 0.6 is 0 Å². The molecule has 0 unspecified atom stereocenters. The quantitative estimate of drug-likeness (QED) is 0.0894. The van der Waals surface area contributed by atoms with Crippen molar-refractivity contribution < 1.29 is 14.2 Å². The molecule has 0 saturated heterocycles. The van der Waals surface area contributed by atoms with E-state index in [4.69, 9.17) is 14.2 Å². The molecule has 0 fully saturated rings. The number of hydrogen-bond donors (Lipinski definition) is 0. The largest absolute Gasteiger partial charge is 0.380 e. The second kappa shape index (κ2) is 45.6. The predicted octanol–water partition coefficient (Wildman–Crippen LogP) is 5.87. The van der Waals surface area contributed by atoms with Crippen LogP contribution in [0.1, 0.15) is 69.2 Å². The molecule has 0 N–H and O–H groups in total. The van der Waals surface area contributed by atoms with Crippen LogP contribution in [0.3, 0.4) is 0 Å². The van der Waals surface area contributed by atoms with Gasteiger partial charge in [0.25, 0.3) is 0 Å². The van der Waals surface area contributed by atoms with Gasteiger partial charge < -0.3 is 53.4 Å². The molecule has 56 heavy (non-hydrogen) atoms. The van der Waals surface area contributed by atoms with Gasteiger partial charge in [0.05, 0.1) is 26.4 Å². The number of rotatable bonds is 28. The van der Waals surface area contributed by atoms with E-state index in [2.05, 4.69) is 186 Å². The van der Waals surface area contributed by atoms with Crippen LogP contribution in [0.4, 0.5) is 0 Å². The lowest BCUT2D eigenvalue weighted by Gasteiger charge is -2.24. The molecule has 0 saturated carbocycles. The smallest absolute Gasteiger partial charge is 0.0701 e. The average Bonchev–Trinajstić information content (AvgIpc) is 3.03. The zero-order valence-electron chi connectivity index (χ0n) is 42.7. The molecule has 0 aliphatic heterocycles. The van der Waals surface area contributed by atoms with Gasteiger partial charge in [-0.2, -0.15) is 0 Å². The normalized spacial score (nSPS) is 11.8. The van der Waals surface area contributed by atoms with E-state index in [-0.39, 0.29) is 0 Å². The van der Waals surface area contributed by atoms with Crippen LogP contribution < -0.4 is 0 Å². The van der Waals surface area contributed by atoms with Gasteiger partial charge >= 0.3 is 0 Å². The van der Waals surface area contributed by atoms with Crippen molar-refractivity contribution in [1.82, 2.24) is 39.2 Å². The first kappa shape index (κ1) is 64.7. The lowest BCUT2D eigenvalue weighted by atomic mass is 10.2. The van der Waals surface area contributed by atoms with Gasteiger partial charge in [0.15, 0.2) is 0 Å². The number of ether oxygens (including phenoxy) is 3. The van der Waals surface area contributed by atoms with E-state index >= 15 is 0 Å². The Bertz CT molecular complexity index is 695. The van der Waals surface area contributed by atoms with Gasteiger partial charge in [-0.3, -0.25) is 0 Å². The Morgan fingerprint density at radius 2 is 0.554 bits per heavy atom. The molecule has 0 heterocycles. The Labute approximate surface area is 354 Å². The fraction of sp³-hybridized carbons (Fsp3) is 1.00. The highest BCUT2D eigenvalue weighted by Gasteiger charge is 2.04. The molecule has 0 aliphatic rings. The van der Waals surface area contributed by atoms with E-state index in [1.807, 2.05) is 14.1 Å². The fourth-order valence-corrected chi connectivity index (χ4v) is 4.71. The summed E-state index contributed by atoms with van der Waals surface area (Å²) < 4.78 is 16.1. The van der Waals surface area contributed by atoms with Crippen molar-refractivity contribution in [2.45, 2.75) is 69.2 Å². The highest BCUT2D eigenvalue weighted by atomic mass is 16.5. The van der Waals surface area contributed by atoms with Gasteiger partial charge in [-0.25, -0.2) is 0 Å². The predicted molar refractivity (Wildman–Crippen MR) is 252 cm³/mol. The maximum atomic E-state index is 5.36. The SMILES string of the molecule is CC(C)CN(C)C.CC(C)CN(C)CCN(C)C.CC(C)CN(C)CCN(C)CCN(C)C.CC(C)COCCN(C)C.CC(C)COCCOCCN(C)C. The van der Waals surface area contributed by atoms with Crippen molar-refractivity contribution in [2.75, 3.05) is 203 Å². The van der Waals surface area contributed by atoms with Crippen LogP contribution in [-0.2, 0) is 14.2 Å². The van der Waals surface area contributed by atoms with E-state index in [9.17, 15) is 0 Å². The lowest BCUT2D eigenvalue weighted by Crippen LogP contribution is -2.35. The van der Waals surface area contributed by atoms with Gasteiger partial charge in [-0.15, -0.1) is 0 Å². The van der Waals surface area contributed by atoms with Crippen molar-refractivity contribution >= 4 is 0 Å². The summed E-state index contributed by atoms with van der Waals surface area (Å²) in [7, 11) is 27.5. The van der Waals surface area contributed by atoms with Crippen LogP contribution in [0, 0.1) is 29.6 Å². The number of nitrogens with zero attached hydrogens (tertiary/aromatic N) is 8. The minimum atomic E-state index is 0.613. The van der Waals surface area contributed by atoms with Crippen LogP contribution in [0.5, 0.6) is 0 Å². The first-order valence-electron chi connectivity index (χ1n) is 21.8. The molecule has 0 spiro atoms. The van der Waals surface area contributed by atoms with Crippen LogP contribution in [-0.4, -0.2) is 242 Å². The number of hydrogen-bond acceptors (Lipinski definition) is 11. The average molecular weight is 809 g/mol. The summed E-state index contributed by atoms with van der Waals surface area (Å²) in [5.74, 6) is 3.61. The van der Waals surface area contributed by atoms with Crippen molar-refractivity contribution in [2.24, 2.45) is 29.6 Å². The molecule has 11 nitrogen and oxygen atoms in total. The molecular formula is C45H108N8O3. The second-order valence-electron chi connectivity index (χ2n) is 19.0. The highest BCUT2D eigenvalue weighted by molar-refractivity contribution is 4.60. The van der Waals surface area contributed by atoms with Crippen LogP contribution in [0.15, 0.2) is 0 Å². The first-order chi connectivity index (χ1) is 25.8. The lowest BCUT2D eigenvalue weighted by molar-refractivity contribution is 0.0336. The zero-order chi connectivity index (χ0) is 44.6. The summed E-state index contributed by atoms with van der Waals surface area (Å²) >= 11 is 0. The molecule has 0 atom stereocenters. The Balaban J connectivity index is -0.000000197. The fourth-order valence-electron chi connectivity index (χ4n) is 4.71. The summed E-state index contributed by atoms with van der Waals surface area (Å²) in [6.07, 6.45) is 0. The summed E-state index contributed by atoms with van der Waals surface area (Å²) in [5, 5.41) is 0. The van der Waals surface area contributed by atoms with Crippen molar-refractivity contribution in [3.05, 3.63) is 0 Å². The van der Waals surface area contributed by atoms with Crippen LogP contribution in [0.2, 0.25) is 0 Å². The van der Waals surface area contributed by atoms with E-state index in [1.54, 1.807) is 0 Å². The molecule has 0 aromatic rings. The topological polar surface area (TPSA) is 53.6 Å². The number of likely N-dealkylation sites (N-methyl/N-ethyl adjacent to an activating group) is 7. The summed E-state index contributed by atoms with van der Waals surface area (Å²) in [5.41, 5.74) is 0.